The Bertz CT molecular complexity index is 461. The normalized spacial score (nSPS) is 15.4. The highest BCUT2D eigenvalue weighted by atomic mass is 79.9. The largest absolute Gasteiger partial charge is 0.389 e. The molecule has 15 heavy (non-hydrogen) atoms. The zero-order valence-electron chi connectivity index (χ0n) is 7.63. The smallest absolute Gasteiger partial charge is 0.180 e. The molecule has 7 heteroatoms. The predicted octanol–water partition coefficient (Wildman–Crippen LogP) is 0.142. The van der Waals surface area contributed by atoms with Crippen LogP contribution in [0, 0.1) is 0 Å². The molecule has 0 saturated heterocycles. The molecule has 0 aromatic carbocycles. The fourth-order valence-electron chi connectivity index (χ4n) is 1.27. The minimum absolute atomic E-state index is 0.272. The molecule has 0 amide bonds. The molecule has 2 rings (SSSR count). The Balaban J connectivity index is 2.46. The van der Waals surface area contributed by atoms with E-state index in [-0.39, 0.29) is 5.33 Å². The Kier molecular flexibility index (Phi) is 2.94. The van der Waals surface area contributed by atoms with Gasteiger partial charge in [-0.1, -0.05) is 15.9 Å². The Labute approximate surface area is 93.5 Å². The number of fused-ring (bicyclic) bond motifs is 1. The number of aromatic nitrogens is 4. The van der Waals surface area contributed by atoms with Gasteiger partial charge in [0.1, 0.15) is 23.6 Å². The number of halogens is 1. The van der Waals surface area contributed by atoms with Crippen LogP contribution >= 0.6 is 15.9 Å². The van der Waals surface area contributed by atoms with E-state index in [2.05, 4.69) is 35.9 Å². The molecule has 2 heterocycles. The third-order valence-electron chi connectivity index (χ3n) is 2.06. The fraction of sp³-hybridized carbons (Fsp3) is 0.375. The van der Waals surface area contributed by atoms with E-state index in [1.54, 1.807) is 0 Å². The van der Waals surface area contributed by atoms with Crippen molar-refractivity contribution in [2.24, 2.45) is 0 Å². The summed E-state index contributed by atoms with van der Waals surface area (Å²) in [6.07, 6.45) is 0.806. The van der Waals surface area contributed by atoms with E-state index >= 15 is 0 Å². The van der Waals surface area contributed by atoms with Gasteiger partial charge < -0.3 is 15.2 Å². The van der Waals surface area contributed by atoms with Crippen molar-refractivity contribution < 1.29 is 10.2 Å². The maximum absolute atomic E-state index is 9.79. The standard InChI is InChI=1S/C8H9BrN4O2/c9-1-4(14)7(15)5-6-8(12-2-10-5)13-3-11-6/h2-4,7,14-15H,1H2,(H,10,11,12,13). The predicted molar refractivity (Wildman–Crippen MR) is 56.4 cm³/mol. The van der Waals surface area contributed by atoms with Gasteiger partial charge in [-0.15, -0.1) is 0 Å². The monoisotopic (exact) mass is 272 g/mol. The first kappa shape index (κ1) is 10.5. The number of aliphatic hydroxyl groups excluding tert-OH is 2. The topological polar surface area (TPSA) is 94.9 Å². The van der Waals surface area contributed by atoms with E-state index in [0.717, 1.165) is 0 Å². The number of hydrogen-bond acceptors (Lipinski definition) is 5. The first-order chi connectivity index (χ1) is 7.24. The average molecular weight is 273 g/mol. The van der Waals surface area contributed by atoms with Gasteiger partial charge >= 0.3 is 0 Å². The molecule has 0 aliphatic rings. The lowest BCUT2D eigenvalue weighted by atomic mass is 10.1. The minimum atomic E-state index is -1.06. The van der Waals surface area contributed by atoms with Crippen LogP contribution in [-0.4, -0.2) is 41.6 Å². The van der Waals surface area contributed by atoms with E-state index in [9.17, 15) is 10.2 Å². The van der Waals surface area contributed by atoms with Gasteiger partial charge in [0.05, 0.1) is 12.4 Å². The molecule has 0 spiro atoms. The Morgan fingerprint density at radius 3 is 2.87 bits per heavy atom. The van der Waals surface area contributed by atoms with Crippen molar-refractivity contribution in [1.29, 1.82) is 0 Å². The second-order valence-corrected chi connectivity index (χ2v) is 3.67. The molecule has 0 saturated carbocycles. The third kappa shape index (κ3) is 1.85. The number of hydrogen-bond donors (Lipinski definition) is 3. The van der Waals surface area contributed by atoms with Crippen LogP contribution in [0.3, 0.4) is 0 Å². The van der Waals surface area contributed by atoms with Gasteiger partial charge in [0.15, 0.2) is 5.65 Å². The number of aliphatic hydroxyl groups is 2. The molecule has 2 atom stereocenters. The number of rotatable bonds is 3. The number of nitrogens with zero attached hydrogens (tertiary/aromatic N) is 3. The molecule has 3 N–H and O–H groups in total. The molecular formula is C8H9BrN4O2. The Hall–Kier alpha value is -1.05. The number of H-pyrrole nitrogens is 1. The first-order valence-corrected chi connectivity index (χ1v) is 5.42. The molecule has 80 valence electrons. The second kappa shape index (κ2) is 4.21. The van der Waals surface area contributed by atoms with Gasteiger partial charge in [0.25, 0.3) is 0 Å². The maximum atomic E-state index is 9.79. The molecular weight excluding hydrogens is 264 g/mol. The summed E-state index contributed by atoms with van der Waals surface area (Å²) < 4.78 is 0. The quantitative estimate of drug-likeness (QED) is 0.691. The molecule has 2 unspecified atom stereocenters. The van der Waals surface area contributed by atoms with Crippen molar-refractivity contribution in [2.45, 2.75) is 12.2 Å². The molecule has 0 fully saturated rings. The van der Waals surface area contributed by atoms with Gasteiger partial charge in [0, 0.05) is 5.33 Å². The molecule has 0 radical (unpaired) electrons. The minimum Gasteiger partial charge on any atom is -0.389 e. The molecule has 0 aliphatic carbocycles. The molecule has 2 aromatic rings. The summed E-state index contributed by atoms with van der Waals surface area (Å²) in [5.74, 6) is 0. The van der Waals surface area contributed by atoms with Crippen LogP contribution < -0.4 is 0 Å². The van der Waals surface area contributed by atoms with E-state index in [4.69, 9.17) is 0 Å². The molecule has 6 nitrogen and oxygen atoms in total. The maximum Gasteiger partial charge on any atom is 0.180 e. The van der Waals surface area contributed by atoms with Crippen molar-refractivity contribution in [3.05, 3.63) is 18.3 Å². The third-order valence-corrected chi connectivity index (χ3v) is 2.72. The van der Waals surface area contributed by atoms with Crippen molar-refractivity contribution in [3.8, 4) is 0 Å². The van der Waals surface area contributed by atoms with Crippen molar-refractivity contribution >= 4 is 27.1 Å². The zero-order chi connectivity index (χ0) is 10.8. The SMILES string of the molecule is OC(CBr)C(O)c1ncnc2nc[nH]c12. The summed E-state index contributed by atoms with van der Waals surface area (Å²) in [7, 11) is 0. The molecule has 0 aliphatic heterocycles. The Morgan fingerprint density at radius 2 is 2.13 bits per heavy atom. The van der Waals surface area contributed by atoms with Gasteiger partial charge in [-0.05, 0) is 0 Å². The Morgan fingerprint density at radius 1 is 1.33 bits per heavy atom. The van der Waals surface area contributed by atoms with Crippen LogP contribution in [0.4, 0.5) is 0 Å². The number of alkyl halides is 1. The highest BCUT2D eigenvalue weighted by molar-refractivity contribution is 9.09. The summed E-state index contributed by atoms with van der Waals surface area (Å²) in [4.78, 5) is 14.6. The van der Waals surface area contributed by atoms with Gasteiger partial charge in [0.2, 0.25) is 0 Å². The van der Waals surface area contributed by atoms with Crippen LogP contribution in [0.1, 0.15) is 11.8 Å². The van der Waals surface area contributed by atoms with E-state index in [1.807, 2.05) is 0 Å². The number of nitrogens with one attached hydrogen (secondary N) is 1. The lowest BCUT2D eigenvalue weighted by molar-refractivity contribution is 0.0324. The summed E-state index contributed by atoms with van der Waals surface area (Å²) in [6, 6.07) is 0. The number of imidazole rings is 1. The van der Waals surface area contributed by atoms with E-state index in [1.165, 1.54) is 12.7 Å². The van der Waals surface area contributed by atoms with Crippen LogP contribution in [-0.2, 0) is 0 Å². The van der Waals surface area contributed by atoms with Gasteiger partial charge in [-0.2, -0.15) is 0 Å². The fourth-order valence-corrected chi connectivity index (χ4v) is 1.63. The lowest BCUT2D eigenvalue weighted by Crippen LogP contribution is -2.20. The lowest BCUT2D eigenvalue weighted by Gasteiger charge is -2.14. The van der Waals surface area contributed by atoms with Gasteiger partial charge in [-0.25, -0.2) is 15.0 Å². The van der Waals surface area contributed by atoms with Crippen LogP contribution in [0.5, 0.6) is 0 Å². The van der Waals surface area contributed by atoms with Crippen LogP contribution in [0.25, 0.3) is 11.2 Å². The van der Waals surface area contributed by atoms with Crippen LogP contribution in [0.2, 0.25) is 0 Å². The first-order valence-electron chi connectivity index (χ1n) is 4.30. The summed E-state index contributed by atoms with van der Waals surface area (Å²) in [6.45, 7) is 0. The van der Waals surface area contributed by atoms with Crippen molar-refractivity contribution in [2.75, 3.05) is 5.33 Å². The summed E-state index contributed by atoms with van der Waals surface area (Å²) in [5, 5.41) is 19.5. The molecule has 0 bridgehead atoms. The summed E-state index contributed by atoms with van der Waals surface area (Å²) in [5.41, 5.74) is 1.37. The molecule has 2 aromatic heterocycles. The van der Waals surface area contributed by atoms with Crippen molar-refractivity contribution in [1.82, 2.24) is 19.9 Å². The van der Waals surface area contributed by atoms with Crippen LogP contribution in [0.15, 0.2) is 12.7 Å². The highest BCUT2D eigenvalue weighted by Crippen LogP contribution is 2.21. The zero-order valence-corrected chi connectivity index (χ0v) is 9.22. The average Bonchev–Trinajstić information content (AvgIpc) is 2.74. The second-order valence-electron chi connectivity index (χ2n) is 3.03. The summed E-state index contributed by atoms with van der Waals surface area (Å²) >= 11 is 3.09. The van der Waals surface area contributed by atoms with Crippen molar-refractivity contribution in [3.63, 3.8) is 0 Å². The number of aromatic amines is 1. The highest BCUT2D eigenvalue weighted by Gasteiger charge is 2.21. The van der Waals surface area contributed by atoms with Gasteiger partial charge in [-0.3, -0.25) is 0 Å². The van der Waals surface area contributed by atoms with E-state index < -0.39 is 12.2 Å². The van der Waals surface area contributed by atoms with E-state index in [0.29, 0.717) is 16.9 Å².